The molecule has 0 spiro atoms. The Morgan fingerprint density at radius 1 is 1.00 bits per heavy atom. The number of allylic oxidation sites excluding steroid dienone is 2. The van der Waals surface area contributed by atoms with Crippen molar-refractivity contribution < 1.29 is 4.79 Å². The van der Waals surface area contributed by atoms with Crippen LogP contribution in [0.4, 0.5) is 0 Å². The van der Waals surface area contributed by atoms with Crippen LogP contribution < -0.4 is 0 Å². The van der Waals surface area contributed by atoms with E-state index in [1.807, 2.05) is 0 Å². The van der Waals surface area contributed by atoms with E-state index in [0.29, 0.717) is 11.7 Å². The van der Waals surface area contributed by atoms with Crippen molar-refractivity contribution in [1.82, 2.24) is 0 Å². The Balaban J connectivity index is 3.05. The summed E-state index contributed by atoms with van der Waals surface area (Å²) >= 11 is 0. The number of ketones is 1. The lowest BCUT2D eigenvalue weighted by molar-refractivity contribution is -0.128. The van der Waals surface area contributed by atoms with Gasteiger partial charge in [-0.2, -0.15) is 0 Å². The van der Waals surface area contributed by atoms with Crippen LogP contribution in [0.15, 0.2) is 11.1 Å². The normalized spacial score (nSPS) is 18.4. The Morgan fingerprint density at radius 2 is 1.56 bits per heavy atom. The minimum atomic E-state index is -0.0687. The van der Waals surface area contributed by atoms with Gasteiger partial charge in [0.1, 0.15) is 0 Å². The van der Waals surface area contributed by atoms with Crippen LogP contribution in [0.3, 0.4) is 0 Å². The molecule has 0 saturated carbocycles. The molecule has 1 rings (SSSR count). The zero-order valence-corrected chi connectivity index (χ0v) is 12.9. The van der Waals surface area contributed by atoms with E-state index in [1.54, 1.807) is 0 Å². The van der Waals surface area contributed by atoms with Gasteiger partial charge in [-0.15, -0.1) is 0 Å². The third-order valence-corrected chi connectivity index (χ3v) is 4.26. The average Bonchev–Trinajstić information content (AvgIpc) is 2.32. The molecule has 0 unspecified atom stereocenters. The summed E-state index contributed by atoms with van der Waals surface area (Å²) in [6.07, 6.45) is 7.69. The molecule has 0 fully saturated rings. The van der Waals surface area contributed by atoms with E-state index in [0.717, 1.165) is 38.5 Å². The molecular weight excluding hydrogens is 220 g/mol. The van der Waals surface area contributed by atoms with Gasteiger partial charge < -0.3 is 0 Å². The Bertz CT molecular complexity index is 317. The summed E-state index contributed by atoms with van der Waals surface area (Å²) in [5.41, 5.74) is 2.62. The molecule has 104 valence electrons. The fourth-order valence-electron chi connectivity index (χ4n) is 3.74. The van der Waals surface area contributed by atoms with Crippen molar-refractivity contribution in [3.8, 4) is 0 Å². The van der Waals surface area contributed by atoms with Gasteiger partial charge >= 0.3 is 0 Å². The van der Waals surface area contributed by atoms with E-state index in [9.17, 15) is 4.79 Å². The van der Waals surface area contributed by atoms with Crippen molar-refractivity contribution in [2.45, 2.75) is 79.6 Å². The topological polar surface area (TPSA) is 17.1 Å². The second kappa shape index (κ2) is 6.54. The summed E-state index contributed by atoms with van der Waals surface area (Å²) in [4.78, 5) is 12.6. The molecule has 1 heteroatoms. The highest BCUT2D eigenvalue weighted by Gasteiger charge is 2.51. The Morgan fingerprint density at radius 3 is 1.94 bits per heavy atom. The number of carbonyl (C=O) groups is 1. The molecule has 0 aromatic carbocycles. The number of unbranched alkanes of at least 4 members (excludes halogenated alkanes) is 1. The molecule has 0 amide bonds. The molecule has 0 aromatic rings. The summed E-state index contributed by atoms with van der Waals surface area (Å²) in [6, 6.07) is 0. The van der Waals surface area contributed by atoms with Crippen molar-refractivity contribution in [1.29, 1.82) is 0 Å². The quantitative estimate of drug-likeness (QED) is 0.571. The van der Waals surface area contributed by atoms with Crippen LogP contribution in [0.2, 0.25) is 0 Å². The standard InChI is InChI=1S/C17H30O/c1-6-9-10-14-15(13(4)5)17(11-7-2,12-8-3)16(14)18/h13H,6-12H2,1-5H3. The summed E-state index contributed by atoms with van der Waals surface area (Å²) in [7, 11) is 0. The Labute approximate surface area is 113 Å². The lowest BCUT2D eigenvalue weighted by Gasteiger charge is -2.47. The predicted octanol–water partition coefficient (Wildman–Crippen LogP) is 5.30. The number of hydrogen-bond donors (Lipinski definition) is 0. The zero-order valence-electron chi connectivity index (χ0n) is 12.9. The largest absolute Gasteiger partial charge is 0.294 e. The SMILES string of the molecule is CCCCC1=C(C(C)C)C(CCC)(CCC)C1=O. The summed E-state index contributed by atoms with van der Waals surface area (Å²) in [5.74, 6) is 1.02. The van der Waals surface area contributed by atoms with Gasteiger partial charge in [0.25, 0.3) is 0 Å². The molecule has 0 aliphatic heterocycles. The zero-order chi connectivity index (χ0) is 13.8. The summed E-state index contributed by atoms with van der Waals surface area (Å²) < 4.78 is 0. The third kappa shape index (κ3) is 2.55. The van der Waals surface area contributed by atoms with Gasteiger partial charge in [-0.05, 0) is 42.7 Å². The number of carbonyl (C=O) groups excluding carboxylic acids is 1. The molecule has 0 heterocycles. The predicted molar refractivity (Wildman–Crippen MR) is 78.6 cm³/mol. The molecule has 1 aliphatic carbocycles. The third-order valence-electron chi connectivity index (χ3n) is 4.26. The van der Waals surface area contributed by atoms with Crippen LogP contribution in [0.5, 0.6) is 0 Å². The van der Waals surface area contributed by atoms with Gasteiger partial charge in [0.15, 0.2) is 5.78 Å². The number of Topliss-reactive ketones (excluding diaryl/α,β-unsaturated/α-hetero) is 1. The van der Waals surface area contributed by atoms with Gasteiger partial charge in [0, 0.05) is 0 Å². The van der Waals surface area contributed by atoms with E-state index >= 15 is 0 Å². The van der Waals surface area contributed by atoms with Crippen LogP contribution in [0.1, 0.15) is 79.6 Å². The van der Waals surface area contributed by atoms with E-state index < -0.39 is 0 Å². The van der Waals surface area contributed by atoms with Crippen molar-refractivity contribution in [3.05, 3.63) is 11.1 Å². The first-order valence-corrected chi connectivity index (χ1v) is 7.83. The maximum atomic E-state index is 12.6. The highest BCUT2D eigenvalue weighted by molar-refractivity contribution is 6.10. The summed E-state index contributed by atoms with van der Waals surface area (Å²) in [6.45, 7) is 11.1. The van der Waals surface area contributed by atoms with Gasteiger partial charge in [-0.25, -0.2) is 0 Å². The molecule has 0 atom stereocenters. The van der Waals surface area contributed by atoms with Crippen LogP contribution in [0.25, 0.3) is 0 Å². The average molecular weight is 250 g/mol. The lowest BCUT2D eigenvalue weighted by atomic mass is 9.55. The molecule has 0 radical (unpaired) electrons. The molecule has 0 N–H and O–H groups in total. The minimum Gasteiger partial charge on any atom is -0.294 e. The summed E-state index contributed by atoms with van der Waals surface area (Å²) in [5, 5.41) is 0. The molecule has 1 aliphatic rings. The second-order valence-corrected chi connectivity index (χ2v) is 6.06. The molecule has 0 saturated heterocycles. The maximum Gasteiger partial charge on any atom is 0.169 e. The fraction of sp³-hybridized carbons (Fsp3) is 0.824. The molecule has 0 bridgehead atoms. The van der Waals surface area contributed by atoms with Crippen LogP contribution in [-0.4, -0.2) is 5.78 Å². The van der Waals surface area contributed by atoms with Crippen molar-refractivity contribution in [2.75, 3.05) is 0 Å². The highest BCUT2D eigenvalue weighted by atomic mass is 16.1. The first-order valence-electron chi connectivity index (χ1n) is 7.83. The molecule has 0 aromatic heterocycles. The van der Waals surface area contributed by atoms with Gasteiger partial charge in [-0.3, -0.25) is 4.79 Å². The van der Waals surface area contributed by atoms with Crippen LogP contribution >= 0.6 is 0 Å². The second-order valence-electron chi connectivity index (χ2n) is 6.06. The Hall–Kier alpha value is -0.590. The number of hydrogen-bond acceptors (Lipinski definition) is 1. The van der Waals surface area contributed by atoms with E-state index in [2.05, 4.69) is 34.6 Å². The van der Waals surface area contributed by atoms with Crippen LogP contribution in [0, 0.1) is 11.3 Å². The molecule has 18 heavy (non-hydrogen) atoms. The first-order chi connectivity index (χ1) is 8.55. The van der Waals surface area contributed by atoms with Gasteiger partial charge in [0.05, 0.1) is 5.41 Å². The highest BCUT2D eigenvalue weighted by Crippen LogP contribution is 2.54. The maximum absolute atomic E-state index is 12.6. The van der Waals surface area contributed by atoms with Crippen molar-refractivity contribution >= 4 is 5.78 Å². The van der Waals surface area contributed by atoms with Crippen molar-refractivity contribution in [3.63, 3.8) is 0 Å². The molecule has 1 nitrogen and oxygen atoms in total. The monoisotopic (exact) mass is 250 g/mol. The van der Waals surface area contributed by atoms with Gasteiger partial charge in [0.2, 0.25) is 0 Å². The van der Waals surface area contributed by atoms with E-state index in [1.165, 1.54) is 17.6 Å². The lowest BCUT2D eigenvalue weighted by Crippen LogP contribution is -2.46. The first kappa shape index (κ1) is 15.5. The minimum absolute atomic E-state index is 0.0687. The number of rotatable bonds is 8. The smallest absolute Gasteiger partial charge is 0.169 e. The van der Waals surface area contributed by atoms with E-state index in [4.69, 9.17) is 0 Å². The van der Waals surface area contributed by atoms with Crippen LogP contribution in [-0.2, 0) is 4.79 Å². The molecular formula is C17H30O. The van der Waals surface area contributed by atoms with Crippen molar-refractivity contribution in [2.24, 2.45) is 11.3 Å². The fourth-order valence-corrected chi connectivity index (χ4v) is 3.74. The Kier molecular flexibility index (Phi) is 5.62. The van der Waals surface area contributed by atoms with E-state index in [-0.39, 0.29) is 5.41 Å². The van der Waals surface area contributed by atoms with Gasteiger partial charge in [-0.1, -0.05) is 53.9 Å².